The number of methoxy groups -OCH3 is 2. The summed E-state index contributed by atoms with van der Waals surface area (Å²) in [5.74, 6) is -1.04. The topological polar surface area (TPSA) is 82.1 Å². The molecule has 0 radical (unpaired) electrons. The van der Waals surface area contributed by atoms with Crippen LogP contribution in [-0.4, -0.2) is 50.1 Å². The number of aryl methyl sites for hydroxylation is 1. The van der Waals surface area contributed by atoms with Crippen LogP contribution in [0.3, 0.4) is 0 Å². The minimum absolute atomic E-state index is 0.184. The molecular formula is C21H23NO6. The Hall–Kier alpha value is -3.35. The van der Waals surface area contributed by atoms with E-state index >= 15 is 0 Å². The van der Waals surface area contributed by atoms with Crippen molar-refractivity contribution in [1.82, 2.24) is 4.90 Å². The number of carbonyl (C=O) groups excluding carboxylic acids is 3. The quantitative estimate of drug-likeness (QED) is 0.649. The van der Waals surface area contributed by atoms with Gasteiger partial charge >= 0.3 is 11.9 Å². The lowest BCUT2D eigenvalue weighted by atomic mass is 10.1. The summed E-state index contributed by atoms with van der Waals surface area (Å²) in [6.45, 7) is 1.76. The summed E-state index contributed by atoms with van der Waals surface area (Å²) in [4.78, 5) is 37.5. The molecule has 28 heavy (non-hydrogen) atoms. The molecule has 0 N–H and O–H groups in total. The average Bonchev–Trinajstić information content (AvgIpc) is 2.72. The van der Waals surface area contributed by atoms with E-state index in [0.717, 1.165) is 11.1 Å². The number of ether oxygens (including phenoxy) is 3. The second-order valence-electron chi connectivity index (χ2n) is 6.06. The van der Waals surface area contributed by atoms with Gasteiger partial charge in [0, 0.05) is 12.1 Å². The summed E-state index contributed by atoms with van der Waals surface area (Å²) in [6, 6.07) is 14.1. The molecule has 0 aliphatic rings. The Morgan fingerprint density at radius 3 is 2.32 bits per heavy atom. The second kappa shape index (κ2) is 10.1. The number of hydrogen-bond donors (Lipinski definition) is 0. The lowest BCUT2D eigenvalue weighted by Gasteiger charge is -2.23. The van der Waals surface area contributed by atoms with Crippen LogP contribution in [0, 0.1) is 6.92 Å². The van der Waals surface area contributed by atoms with Gasteiger partial charge in [-0.1, -0.05) is 30.3 Å². The van der Waals surface area contributed by atoms with Crippen molar-refractivity contribution in [2.24, 2.45) is 0 Å². The highest BCUT2D eigenvalue weighted by atomic mass is 16.6. The van der Waals surface area contributed by atoms with Crippen LogP contribution in [0.1, 0.15) is 21.5 Å². The fourth-order valence-electron chi connectivity index (χ4n) is 2.52. The number of benzene rings is 2. The lowest BCUT2D eigenvalue weighted by Crippen LogP contribution is -2.36. The van der Waals surface area contributed by atoms with Crippen molar-refractivity contribution in [3.05, 3.63) is 65.2 Å². The molecule has 1 amide bonds. The van der Waals surface area contributed by atoms with Crippen molar-refractivity contribution in [3.8, 4) is 5.75 Å². The molecular weight excluding hydrogens is 362 g/mol. The maximum absolute atomic E-state index is 13.0. The molecule has 0 aliphatic heterocycles. The van der Waals surface area contributed by atoms with Gasteiger partial charge in [-0.05, 0) is 36.2 Å². The van der Waals surface area contributed by atoms with Gasteiger partial charge in [0.2, 0.25) is 0 Å². The van der Waals surface area contributed by atoms with Gasteiger partial charge in [-0.2, -0.15) is 0 Å². The van der Waals surface area contributed by atoms with Crippen LogP contribution in [0.2, 0.25) is 0 Å². The van der Waals surface area contributed by atoms with E-state index < -0.39 is 11.9 Å². The molecule has 0 saturated heterocycles. The number of amides is 1. The van der Waals surface area contributed by atoms with Crippen LogP contribution in [0.5, 0.6) is 5.75 Å². The molecule has 0 bridgehead atoms. The first-order valence-electron chi connectivity index (χ1n) is 8.65. The van der Waals surface area contributed by atoms with Gasteiger partial charge in [0.25, 0.3) is 5.91 Å². The molecule has 0 saturated carbocycles. The third-order valence-electron chi connectivity index (χ3n) is 4.12. The van der Waals surface area contributed by atoms with E-state index in [1.165, 1.54) is 25.2 Å². The van der Waals surface area contributed by atoms with Gasteiger partial charge in [-0.25, -0.2) is 4.79 Å². The van der Waals surface area contributed by atoms with Crippen molar-refractivity contribution < 1.29 is 28.6 Å². The molecule has 7 heteroatoms. The van der Waals surface area contributed by atoms with Gasteiger partial charge < -0.3 is 19.1 Å². The van der Waals surface area contributed by atoms with Gasteiger partial charge in [0.15, 0.2) is 6.61 Å². The number of carbonyl (C=O) groups is 3. The molecule has 0 heterocycles. The van der Waals surface area contributed by atoms with Crippen LogP contribution < -0.4 is 4.74 Å². The highest BCUT2D eigenvalue weighted by Crippen LogP contribution is 2.18. The molecule has 2 rings (SSSR count). The van der Waals surface area contributed by atoms with Gasteiger partial charge in [0.1, 0.15) is 12.3 Å². The first-order valence-corrected chi connectivity index (χ1v) is 8.65. The number of hydrogen-bond acceptors (Lipinski definition) is 6. The molecule has 0 aliphatic carbocycles. The monoisotopic (exact) mass is 385 g/mol. The Morgan fingerprint density at radius 2 is 1.64 bits per heavy atom. The molecule has 148 valence electrons. The number of rotatable bonds is 8. The molecule has 0 fully saturated rings. The van der Waals surface area contributed by atoms with Gasteiger partial charge in [-0.3, -0.25) is 9.59 Å². The van der Waals surface area contributed by atoms with Gasteiger partial charge in [-0.15, -0.1) is 0 Å². The first-order chi connectivity index (χ1) is 13.4. The smallest absolute Gasteiger partial charge is 0.343 e. The summed E-state index contributed by atoms with van der Waals surface area (Å²) >= 11 is 0. The van der Waals surface area contributed by atoms with E-state index in [0.29, 0.717) is 11.3 Å². The van der Waals surface area contributed by atoms with Gasteiger partial charge in [0.05, 0.1) is 14.2 Å². The van der Waals surface area contributed by atoms with E-state index in [4.69, 9.17) is 9.47 Å². The predicted octanol–water partition coefficient (Wildman–Crippen LogP) is 2.36. The average molecular weight is 385 g/mol. The first kappa shape index (κ1) is 21.0. The minimum atomic E-state index is -0.524. The fraction of sp³-hybridized carbons (Fsp3) is 0.286. The Balaban J connectivity index is 2.22. The third kappa shape index (κ3) is 5.84. The van der Waals surface area contributed by atoms with Crippen LogP contribution in [0.15, 0.2) is 48.5 Å². The Labute approximate surface area is 163 Å². The van der Waals surface area contributed by atoms with Crippen molar-refractivity contribution in [2.75, 3.05) is 27.4 Å². The van der Waals surface area contributed by atoms with Crippen LogP contribution in [-0.2, 0) is 25.6 Å². The van der Waals surface area contributed by atoms with E-state index in [-0.39, 0.29) is 25.6 Å². The van der Waals surface area contributed by atoms with E-state index in [2.05, 4.69) is 4.74 Å². The predicted molar refractivity (Wildman–Crippen MR) is 102 cm³/mol. The van der Waals surface area contributed by atoms with E-state index in [9.17, 15) is 14.4 Å². The molecule has 0 spiro atoms. The molecule has 7 nitrogen and oxygen atoms in total. The van der Waals surface area contributed by atoms with Crippen molar-refractivity contribution >= 4 is 17.8 Å². The van der Waals surface area contributed by atoms with Crippen molar-refractivity contribution in [1.29, 1.82) is 0 Å². The zero-order valence-corrected chi connectivity index (χ0v) is 16.1. The minimum Gasteiger partial charge on any atom is -0.482 e. The zero-order valence-electron chi connectivity index (χ0n) is 16.1. The highest BCUT2D eigenvalue weighted by molar-refractivity contribution is 5.96. The summed E-state index contributed by atoms with van der Waals surface area (Å²) < 4.78 is 14.6. The van der Waals surface area contributed by atoms with Crippen LogP contribution in [0.25, 0.3) is 0 Å². The molecule has 0 unspecified atom stereocenters. The summed E-state index contributed by atoms with van der Waals surface area (Å²) in [7, 11) is 2.54. The molecule has 2 aromatic rings. The fourth-order valence-corrected chi connectivity index (χ4v) is 2.52. The zero-order chi connectivity index (χ0) is 20.5. The number of nitrogens with zero attached hydrogens (tertiary/aromatic N) is 1. The largest absolute Gasteiger partial charge is 0.482 e. The molecule has 2 aromatic carbocycles. The maximum Gasteiger partial charge on any atom is 0.343 e. The van der Waals surface area contributed by atoms with Crippen LogP contribution >= 0.6 is 0 Å². The summed E-state index contributed by atoms with van der Waals surface area (Å²) in [6.07, 6.45) is 0. The number of esters is 2. The highest BCUT2D eigenvalue weighted by Gasteiger charge is 2.21. The van der Waals surface area contributed by atoms with Crippen molar-refractivity contribution in [3.63, 3.8) is 0 Å². The molecule has 0 atom stereocenters. The maximum atomic E-state index is 13.0. The second-order valence-corrected chi connectivity index (χ2v) is 6.06. The summed E-state index contributed by atoms with van der Waals surface area (Å²) in [5.41, 5.74) is 2.28. The summed E-state index contributed by atoms with van der Waals surface area (Å²) in [5, 5.41) is 0. The van der Waals surface area contributed by atoms with E-state index in [1.54, 1.807) is 18.2 Å². The Bertz CT molecular complexity index is 848. The molecule has 0 aromatic heterocycles. The lowest BCUT2D eigenvalue weighted by molar-refractivity contribution is -0.143. The van der Waals surface area contributed by atoms with Crippen LogP contribution in [0.4, 0.5) is 0 Å². The normalized spacial score (nSPS) is 10.1. The van der Waals surface area contributed by atoms with E-state index in [1.807, 2.05) is 31.2 Å². The third-order valence-corrected chi connectivity index (χ3v) is 4.12. The Morgan fingerprint density at radius 1 is 0.929 bits per heavy atom. The standard InChI is InChI=1S/C21H23NO6/c1-15-7-4-5-8-17(15)12-22(13-19(23)26-2)21(25)16-9-6-10-18(11-16)28-14-20(24)27-3/h4-11H,12-14H2,1-3H3. The SMILES string of the molecule is COC(=O)COc1cccc(C(=O)N(CC(=O)OC)Cc2ccccc2C)c1. The Kier molecular flexibility index (Phi) is 7.56. The van der Waals surface area contributed by atoms with Crippen molar-refractivity contribution in [2.45, 2.75) is 13.5 Å².